The molecule has 28 heavy (non-hydrogen) atoms. The number of para-hydroxylation sites is 2. The van der Waals surface area contributed by atoms with Crippen LogP contribution in [0.3, 0.4) is 0 Å². The second-order valence-electron chi connectivity index (χ2n) is 7.63. The van der Waals surface area contributed by atoms with Crippen LogP contribution >= 0.6 is 0 Å². The van der Waals surface area contributed by atoms with E-state index < -0.39 is 11.5 Å². The number of rotatable bonds is 5. The third-order valence-electron chi connectivity index (χ3n) is 5.73. The van der Waals surface area contributed by atoms with Gasteiger partial charge >= 0.3 is 0 Å². The average Bonchev–Trinajstić information content (AvgIpc) is 3.45. The lowest BCUT2D eigenvalue weighted by Gasteiger charge is -2.19. The van der Waals surface area contributed by atoms with Crippen molar-refractivity contribution in [1.29, 1.82) is 0 Å². The Morgan fingerprint density at radius 3 is 2.71 bits per heavy atom. The summed E-state index contributed by atoms with van der Waals surface area (Å²) in [6.45, 7) is 1.08. The van der Waals surface area contributed by atoms with E-state index >= 15 is 0 Å². The number of amides is 2. The first kappa shape index (κ1) is 18.6. The zero-order valence-electron chi connectivity index (χ0n) is 16.1. The molecule has 0 bridgehead atoms. The summed E-state index contributed by atoms with van der Waals surface area (Å²) in [6, 6.07) is 7.04. The van der Waals surface area contributed by atoms with Crippen LogP contribution in [0.15, 0.2) is 29.1 Å². The van der Waals surface area contributed by atoms with Crippen molar-refractivity contribution in [2.45, 2.75) is 18.9 Å². The van der Waals surface area contributed by atoms with Crippen LogP contribution in [-0.2, 0) is 16.6 Å². The van der Waals surface area contributed by atoms with E-state index in [2.05, 4.69) is 10.3 Å². The van der Waals surface area contributed by atoms with Gasteiger partial charge in [0.1, 0.15) is 6.61 Å². The predicted molar refractivity (Wildman–Crippen MR) is 103 cm³/mol. The van der Waals surface area contributed by atoms with Gasteiger partial charge in [-0.1, -0.05) is 12.1 Å². The Morgan fingerprint density at radius 2 is 2.00 bits per heavy atom. The van der Waals surface area contributed by atoms with Gasteiger partial charge in [-0.25, -0.2) is 4.98 Å². The Labute approximate surface area is 162 Å². The molecule has 1 saturated heterocycles. The van der Waals surface area contributed by atoms with Crippen molar-refractivity contribution in [1.82, 2.24) is 19.8 Å². The predicted octanol–water partition coefficient (Wildman–Crippen LogP) is 0.547. The van der Waals surface area contributed by atoms with E-state index in [4.69, 9.17) is 4.74 Å². The van der Waals surface area contributed by atoms with Crippen molar-refractivity contribution in [2.24, 2.45) is 18.9 Å². The first-order valence-corrected chi connectivity index (χ1v) is 9.53. The van der Waals surface area contributed by atoms with Crippen molar-refractivity contribution >= 4 is 22.8 Å². The molecule has 0 unspecified atom stereocenters. The van der Waals surface area contributed by atoms with Crippen molar-refractivity contribution in [3.05, 3.63) is 40.3 Å². The maximum absolute atomic E-state index is 12.9. The lowest BCUT2D eigenvalue weighted by atomic mass is 9.98. The van der Waals surface area contributed by atoms with Gasteiger partial charge in [-0.3, -0.25) is 14.4 Å². The fourth-order valence-electron chi connectivity index (χ4n) is 4.07. The summed E-state index contributed by atoms with van der Waals surface area (Å²) in [6.07, 6.45) is 2.22. The van der Waals surface area contributed by atoms with Crippen LogP contribution in [0.5, 0.6) is 0 Å². The number of hydrogen-bond donors (Lipinski definition) is 1. The van der Waals surface area contributed by atoms with Crippen LogP contribution in [0.1, 0.15) is 23.3 Å². The molecule has 8 heteroatoms. The second-order valence-corrected chi connectivity index (χ2v) is 7.63. The summed E-state index contributed by atoms with van der Waals surface area (Å²) in [4.78, 5) is 43.8. The smallest absolute Gasteiger partial charge is 0.282 e. The second kappa shape index (κ2) is 7.35. The Balaban J connectivity index is 1.57. The molecule has 1 aromatic carbocycles. The quantitative estimate of drug-likeness (QED) is 0.812. The summed E-state index contributed by atoms with van der Waals surface area (Å²) >= 11 is 0. The summed E-state index contributed by atoms with van der Waals surface area (Å²) < 4.78 is 6.39. The molecule has 0 radical (unpaired) electrons. The molecule has 2 atom stereocenters. The van der Waals surface area contributed by atoms with E-state index in [0.717, 1.165) is 12.8 Å². The average molecular weight is 384 g/mol. The SMILES string of the molecule is COCC(=O)N1C[C@@H](NC(=O)c2nc3ccccc3n(C)c2=O)[C@H](C2CC2)C1. The number of carbonyl (C=O) groups excluding carboxylic acids is 2. The lowest BCUT2D eigenvalue weighted by Crippen LogP contribution is -2.44. The summed E-state index contributed by atoms with van der Waals surface area (Å²) in [5, 5.41) is 2.98. The molecule has 1 aliphatic heterocycles. The third kappa shape index (κ3) is 3.40. The number of nitrogens with one attached hydrogen (secondary N) is 1. The molecule has 1 aliphatic carbocycles. The van der Waals surface area contributed by atoms with Gasteiger partial charge in [-0.2, -0.15) is 0 Å². The fourth-order valence-corrected chi connectivity index (χ4v) is 4.07. The molecule has 2 fully saturated rings. The highest BCUT2D eigenvalue weighted by molar-refractivity contribution is 5.94. The topological polar surface area (TPSA) is 93.5 Å². The number of hydrogen-bond acceptors (Lipinski definition) is 5. The molecular weight excluding hydrogens is 360 g/mol. The van der Waals surface area contributed by atoms with Gasteiger partial charge < -0.3 is 19.5 Å². The molecule has 2 heterocycles. The molecule has 2 aromatic rings. The number of carbonyl (C=O) groups is 2. The van der Waals surface area contributed by atoms with Crippen LogP contribution in [0.2, 0.25) is 0 Å². The van der Waals surface area contributed by atoms with E-state index in [1.54, 1.807) is 24.1 Å². The molecule has 148 valence electrons. The molecule has 1 aromatic heterocycles. The highest BCUT2D eigenvalue weighted by Crippen LogP contribution is 2.41. The van der Waals surface area contributed by atoms with Crippen LogP contribution in [-0.4, -0.2) is 59.1 Å². The first-order valence-electron chi connectivity index (χ1n) is 9.53. The van der Waals surface area contributed by atoms with Gasteiger partial charge in [0.05, 0.1) is 17.1 Å². The van der Waals surface area contributed by atoms with E-state index in [1.807, 2.05) is 12.1 Å². The minimum Gasteiger partial charge on any atom is -0.375 e. The summed E-state index contributed by atoms with van der Waals surface area (Å²) in [5.74, 6) is 0.153. The van der Waals surface area contributed by atoms with Crippen molar-refractivity contribution in [2.75, 3.05) is 26.8 Å². The minimum absolute atomic E-state index is 0.0326. The van der Waals surface area contributed by atoms with Gasteiger partial charge in [0, 0.05) is 33.2 Å². The zero-order chi connectivity index (χ0) is 19.8. The van der Waals surface area contributed by atoms with Gasteiger partial charge in [0.25, 0.3) is 11.5 Å². The molecule has 1 saturated carbocycles. The van der Waals surface area contributed by atoms with Crippen molar-refractivity contribution in [3.8, 4) is 0 Å². The summed E-state index contributed by atoms with van der Waals surface area (Å²) in [5.41, 5.74) is 0.732. The Hall–Kier alpha value is -2.74. The van der Waals surface area contributed by atoms with Gasteiger partial charge in [0.15, 0.2) is 5.69 Å². The van der Waals surface area contributed by atoms with Gasteiger partial charge in [0.2, 0.25) is 5.91 Å². The summed E-state index contributed by atoms with van der Waals surface area (Å²) in [7, 11) is 3.13. The highest BCUT2D eigenvalue weighted by atomic mass is 16.5. The first-order chi connectivity index (χ1) is 13.5. The van der Waals surface area contributed by atoms with E-state index in [9.17, 15) is 14.4 Å². The molecule has 8 nitrogen and oxygen atoms in total. The number of benzene rings is 1. The van der Waals surface area contributed by atoms with E-state index in [0.29, 0.717) is 30.0 Å². The van der Waals surface area contributed by atoms with Crippen LogP contribution < -0.4 is 10.9 Å². The standard InChI is InChI=1S/C20H24N4O4/c1-23-16-6-4-3-5-14(16)21-18(20(23)27)19(26)22-15-10-24(17(25)11-28-2)9-13(15)12-7-8-12/h3-6,12-13,15H,7-11H2,1-2H3,(H,22,26)/t13-,15+/m0/s1. The number of nitrogens with zero attached hydrogens (tertiary/aromatic N) is 3. The highest BCUT2D eigenvalue weighted by Gasteiger charge is 2.44. The zero-order valence-corrected chi connectivity index (χ0v) is 16.1. The lowest BCUT2D eigenvalue weighted by molar-refractivity contribution is -0.134. The molecule has 2 aliphatic rings. The Kier molecular flexibility index (Phi) is 4.89. The maximum atomic E-state index is 12.9. The van der Waals surface area contributed by atoms with Gasteiger partial charge in [-0.05, 0) is 30.9 Å². The van der Waals surface area contributed by atoms with E-state index in [-0.39, 0.29) is 30.2 Å². The molecule has 2 amide bonds. The monoisotopic (exact) mass is 384 g/mol. The number of methoxy groups -OCH3 is 1. The molecule has 4 rings (SSSR count). The number of fused-ring (bicyclic) bond motifs is 1. The number of aryl methyl sites for hydroxylation is 1. The normalized spacial score (nSPS) is 21.9. The molecular formula is C20H24N4O4. The Morgan fingerprint density at radius 1 is 1.25 bits per heavy atom. The largest absolute Gasteiger partial charge is 0.375 e. The Bertz CT molecular complexity index is 982. The van der Waals surface area contributed by atoms with Crippen molar-refractivity contribution < 1.29 is 14.3 Å². The van der Waals surface area contributed by atoms with Gasteiger partial charge in [-0.15, -0.1) is 0 Å². The molecule has 1 N–H and O–H groups in total. The molecule has 0 spiro atoms. The number of aromatic nitrogens is 2. The van der Waals surface area contributed by atoms with Crippen LogP contribution in [0, 0.1) is 11.8 Å². The van der Waals surface area contributed by atoms with Crippen LogP contribution in [0.25, 0.3) is 11.0 Å². The van der Waals surface area contributed by atoms with Crippen molar-refractivity contribution in [3.63, 3.8) is 0 Å². The van der Waals surface area contributed by atoms with E-state index in [1.165, 1.54) is 11.7 Å². The maximum Gasteiger partial charge on any atom is 0.282 e. The third-order valence-corrected chi connectivity index (χ3v) is 5.73. The van der Waals surface area contributed by atoms with Crippen LogP contribution in [0.4, 0.5) is 0 Å². The number of ether oxygens (including phenoxy) is 1. The number of likely N-dealkylation sites (tertiary alicyclic amines) is 1. The fraction of sp³-hybridized carbons (Fsp3) is 0.500. The minimum atomic E-state index is -0.483.